The van der Waals surface area contributed by atoms with Gasteiger partial charge in [-0.15, -0.1) is 0 Å². The van der Waals surface area contributed by atoms with Gasteiger partial charge in [0, 0.05) is 6.42 Å². The second kappa shape index (κ2) is 48.8. The lowest BCUT2D eigenvalue weighted by atomic mass is 9.99. The minimum absolute atomic E-state index is 0.188. The van der Waals surface area contributed by atoms with Crippen molar-refractivity contribution in [2.24, 2.45) is 0 Å². The van der Waals surface area contributed by atoms with E-state index in [0.717, 1.165) is 64.2 Å². The Morgan fingerprint density at radius 3 is 1.28 bits per heavy atom. The second-order valence-corrected chi connectivity index (χ2v) is 20.1. The molecule has 398 valence electrons. The van der Waals surface area contributed by atoms with Crippen LogP contribution in [0, 0.1) is 0 Å². The Bertz CT molecular complexity index is 1210. The standard InChI is InChI=1S/C59H109NO8/c1-3-5-7-9-11-13-15-17-19-21-23-25-26-27-29-30-32-34-36-38-40-42-44-46-48-53(62)52(51-67-59-58(66)57(65)56(64)54(50-61)68-59)60-55(63)49-47-45-43-41-39-37-35-33-31-28-24-22-20-18-16-14-12-10-8-6-4-2/h16,18,22,24,31,33,46,48,52-54,56-59,61-62,64-66H,3-15,17,19-21,23,25-30,32,34-45,47,49-51H2,1-2H3,(H,60,63)/b18-16-,24-22-,33-31-,48-46+. The molecule has 6 N–H and O–H groups in total. The number of unbranched alkanes of at least 4 members (excludes halogenated alkanes) is 33. The van der Waals surface area contributed by atoms with E-state index in [4.69, 9.17) is 9.47 Å². The monoisotopic (exact) mass is 960 g/mol. The van der Waals surface area contributed by atoms with Crippen molar-refractivity contribution < 1.29 is 39.8 Å². The molecule has 1 saturated heterocycles. The number of aliphatic hydroxyl groups excluding tert-OH is 5. The molecule has 68 heavy (non-hydrogen) atoms. The number of ether oxygens (including phenoxy) is 2. The number of nitrogens with one attached hydrogen (secondary N) is 1. The summed E-state index contributed by atoms with van der Waals surface area (Å²) in [5, 5.41) is 54.5. The van der Waals surface area contributed by atoms with Crippen molar-refractivity contribution in [3.63, 3.8) is 0 Å². The minimum atomic E-state index is -1.57. The third-order valence-electron chi connectivity index (χ3n) is 13.6. The SMILES string of the molecule is CCCCCCC/C=C\C/C=C\C/C=C\CCCCCCCCC(=O)NC(COC1OC(CO)C(O)C(O)C1O)C(O)/C=C/CCCCCCCCCCCCCCCCCCCCCCCC. The highest BCUT2D eigenvalue weighted by Crippen LogP contribution is 2.23. The molecule has 7 unspecified atom stereocenters. The maximum Gasteiger partial charge on any atom is 0.220 e. The van der Waals surface area contributed by atoms with Gasteiger partial charge in [-0.3, -0.25) is 4.79 Å². The topological polar surface area (TPSA) is 149 Å². The maximum atomic E-state index is 13.0. The Balaban J connectivity index is 2.25. The second-order valence-electron chi connectivity index (χ2n) is 20.1. The molecule has 0 radical (unpaired) electrons. The molecule has 0 aliphatic carbocycles. The van der Waals surface area contributed by atoms with Crippen LogP contribution in [0.3, 0.4) is 0 Å². The summed E-state index contributed by atoms with van der Waals surface area (Å²) >= 11 is 0. The van der Waals surface area contributed by atoms with Gasteiger partial charge in [-0.1, -0.05) is 249 Å². The predicted octanol–water partition coefficient (Wildman–Crippen LogP) is 14.1. The molecule has 1 fully saturated rings. The fourth-order valence-corrected chi connectivity index (χ4v) is 9.05. The van der Waals surface area contributed by atoms with Gasteiger partial charge in [0.05, 0.1) is 25.4 Å². The van der Waals surface area contributed by atoms with Crippen molar-refractivity contribution in [1.29, 1.82) is 0 Å². The van der Waals surface area contributed by atoms with Crippen LogP contribution in [0.1, 0.15) is 264 Å². The van der Waals surface area contributed by atoms with Gasteiger partial charge >= 0.3 is 0 Å². The van der Waals surface area contributed by atoms with Gasteiger partial charge in [0.2, 0.25) is 5.91 Å². The van der Waals surface area contributed by atoms with Crippen LogP contribution in [-0.4, -0.2) is 87.5 Å². The quantitative estimate of drug-likeness (QED) is 0.0261. The molecule has 1 aliphatic heterocycles. The van der Waals surface area contributed by atoms with Crippen molar-refractivity contribution in [1.82, 2.24) is 5.32 Å². The van der Waals surface area contributed by atoms with Crippen molar-refractivity contribution in [2.75, 3.05) is 13.2 Å². The highest BCUT2D eigenvalue weighted by Gasteiger charge is 2.44. The number of rotatable bonds is 49. The highest BCUT2D eigenvalue weighted by molar-refractivity contribution is 5.76. The van der Waals surface area contributed by atoms with Gasteiger partial charge in [-0.2, -0.15) is 0 Å². The lowest BCUT2D eigenvalue weighted by Crippen LogP contribution is -2.60. The number of amides is 1. The molecule has 1 rings (SSSR count). The van der Waals surface area contributed by atoms with Gasteiger partial charge in [0.1, 0.15) is 24.4 Å². The minimum Gasteiger partial charge on any atom is -0.394 e. The van der Waals surface area contributed by atoms with E-state index in [1.165, 1.54) is 180 Å². The zero-order valence-electron chi connectivity index (χ0n) is 44.1. The van der Waals surface area contributed by atoms with Crippen LogP contribution in [0.15, 0.2) is 48.6 Å². The predicted molar refractivity (Wildman–Crippen MR) is 286 cm³/mol. The van der Waals surface area contributed by atoms with Crippen LogP contribution in [0.5, 0.6) is 0 Å². The molecule has 0 spiro atoms. The molecule has 9 nitrogen and oxygen atoms in total. The molecule has 0 aromatic carbocycles. The Morgan fingerprint density at radius 2 is 0.868 bits per heavy atom. The van der Waals surface area contributed by atoms with Crippen LogP contribution in [0.4, 0.5) is 0 Å². The van der Waals surface area contributed by atoms with Crippen molar-refractivity contribution in [3.05, 3.63) is 48.6 Å². The summed E-state index contributed by atoms with van der Waals surface area (Å²) in [7, 11) is 0. The summed E-state index contributed by atoms with van der Waals surface area (Å²) in [6.07, 6.45) is 57.4. The number of carbonyl (C=O) groups is 1. The molecule has 1 amide bonds. The summed E-state index contributed by atoms with van der Waals surface area (Å²) in [6.45, 7) is 3.78. The lowest BCUT2D eigenvalue weighted by Gasteiger charge is -2.40. The maximum absolute atomic E-state index is 13.0. The summed E-state index contributed by atoms with van der Waals surface area (Å²) < 4.78 is 11.3. The largest absolute Gasteiger partial charge is 0.394 e. The first-order valence-corrected chi connectivity index (χ1v) is 28.9. The zero-order valence-corrected chi connectivity index (χ0v) is 44.1. The Labute approximate surface area is 418 Å². The Morgan fingerprint density at radius 1 is 0.500 bits per heavy atom. The number of allylic oxidation sites excluding steroid dienone is 7. The fraction of sp³-hybridized carbons (Fsp3) is 0.847. The zero-order chi connectivity index (χ0) is 49.4. The molecule has 7 atom stereocenters. The molecule has 0 saturated carbocycles. The number of hydrogen-bond acceptors (Lipinski definition) is 8. The first-order valence-electron chi connectivity index (χ1n) is 28.9. The third kappa shape index (κ3) is 37.9. The van der Waals surface area contributed by atoms with Gasteiger partial charge in [-0.25, -0.2) is 0 Å². The van der Waals surface area contributed by atoms with Crippen molar-refractivity contribution in [2.45, 2.75) is 307 Å². The average Bonchev–Trinajstić information content (AvgIpc) is 3.34. The number of carbonyl (C=O) groups excluding carboxylic acids is 1. The van der Waals surface area contributed by atoms with Crippen LogP contribution in [0.25, 0.3) is 0 Å². The number of aliphatic hydroxyl groups is 5. The van der Waals surface area contributed by atoms with E-state index < -0.39 is 49.5 Å². The summed E-state index contributed by atoms with van der Waals surface area (Å²) in [6, 6.07) is -0.814. The first-order chi connectivity index (χ1) is 33.3. The van der Waals surface area contributed by atoms with Crippen molar-refractivity contribution in [3.8, 4) is 0 Å². The Kier molecular flexibility index (Phi) is 46.0. The molecule has 0 aromatic heterocycles. The highest BCUT2D eigenvalue weighted by atomic mass is 16.7. The van der Waals surface area contributed by atoms with E-state index in [-0.39, 0.29) is 12.5 Å². The van der Waals surface area contributed by atoms with Crippen LogP contribution in [-0.2, 0) is 14.3 Å². The normalized spacial score (nSPS) is 19.9. The van der Waals surface area contributed by atoms with Crippen LogP contribution >= 0.6 is 0 Å². The van der Waals surface area contributed by atoms with Gasteiger partial charge in [0.15, 0.2) is 6.29 Å². The fourth-order valence-electron chi connectivity index (χ4n) is 9.05. The summed E-state index contributed by atoms with van der Waals surface area (Å²) in [5.41, 5.74) is 0. The Hall–Kier alpha value is -1.85. The van der Waals surface area contributed by atoms with Gasteiger partial charge in [0.25, 0.3) is 0 Å². The number of hydrogen-bond donors (Lipinski definition) is 6. The third-order valence-corrected chi connectivity index (χ3v) is 13.6. The molecule has 1 heterocycles. The van der Waals surface area contributed by atoms with E-state index in [1.807, 2.05) is 6.08 Å². The van der Waals surface area contributed by atoms with Gasteiger partial charge in [-0.05, 0) is 57.8 Å². The van der Waals surface area contributed by atoms with Crippen molar-refractivity contribution >= 4 is 5.91 Å². The molecule has 0 bridgehead atoms. The van der Waals surface area contributed by atoms with E-state index in [1.54, 1.807) is 6.08 Å². The summed E-state index contributed by atoms with van der Waals surface area (Å²) in [4.78, 5) is 13.0. The molecular formula is C59H109NO8. The molecule has 9 heteroatoms. The smallest absolute Gasteiger partial charge is 0.220 e. The van der Waals surface area contributed by atoms with E-state index in [9.17, 15) is 30.3 Å². The van der Waals surface area contributed by atoms with E-state index >= 15 is 0 Å². The first kappa shape index (κ1) is 64.2. The van der Waals surface area contributed by atoms with E-state index in [2.05, 4.69) is 55.6 Å². The molecule has 1 aliphatic rings. The van der Waals surface area contributed by atoms with E-state index in [0.29, 0.717) is 6.42 Å². The average molecular weight is 961 g/mol. The molecular weight excluding hydrogens is 851 g/mol. The molecule has 0 aromatic rings. The lowest BCUT2D eigenvalue weighted by molar-refractivity contribution is -0.302. The van der Waals surface area contributed by atoms with Crippen LogP contribution in [0.2, 0.25) is 0 Å². The van der Waals surface area contributed by atoms with Gasteiger partial charge < -0.3 is 40.3 Å². The summed E-state index contributed by atoms with van der Waals surface area (Å²) in [5.74, 6) is -0.188. The van der Waals surface area contributed by atoms with Crippen LogP contribution < -0.4 is 5.32 Å².